The van der Waals surface area contributed by atoms with E-state index in [1.165, 1.54) is 0 Å². The number of hydrogen-bond acceptors (Lipinski definition) is 4. The third kappa shape index (κ3) is 1.42. The Balaban J connectivity index is 2.43. The Morgan fingerprint density at radius 2 is 2.46 bits per heavy atom. The van der Waals surface area contributed by atoms with Gasteiger partial charge >= 0.3 is 0 Å². The smallest absolute Gasteiger partial charge is 0.236 e. The summed E-state index contributed by atoms with van der Waals surface area (Å²) >= 11 is 0. The molecule has 0 saturated carbocycles. The quantitative estimate of drug-likeness (QED) is 0.629. The van der Waals surface area contributed by atoms with E-state index in [2.05, 4.69) is 16.5 Å². The normalized spacial score (nSPS) is 14.6. The van der Waals surface area contributed by atoms with Crippen molar-refractivity contribution in [2.45, 2.75) is 6.42 Å². The van der Waals surface area contributed by atoms with Gasteiger partial charge in [0.25, 0.3) is 0 Å². The number of fused-ring (bicyclic) bond motifs is 1. The largest absolute Gasteiger partial charge is 0.468 e. The molecule has 0 aliphatic carbocycles. The summed E-state index contributed by atoms with van der Waals surface area (Å²) in [7, 11) is 0. The third-order valence-corrected chi connectivity index (χ3v) is 1.77. The lowest BCUT2D eigenvalue weighted by Crippen LogP contribution is -2.22. The van der Waals surface area contributed by atoms with Gasteiger partial charge in [-0.05, 0) is 6.08 Å². The number of carbonyl (C=O) groups excluding carboxylic acids is 1. The van der Waals surface area contributed by atoms with Crippen LogP contribution < -0.4 is 4.74 Å². The van der Waals surface area contributed by atoms with Crippen molar-refractivity contribution in [2.24, 2.45) is 0 Å². The molecule has 0 amide bonds. The zero-order valence-corrected chi connectivity index (χ0v) is 6.99. The molecule has 1 aliphatic rings. The topological polar surface area (TPSA) is 52.1 Å². The van der Waals surface area contributed by atoms with Gasteiger partial charge in [-0.1, -0.05) is 6.58 Å². The minimum Gasteiger partial charge on any atom is -0.468 e. The van der Waals surface area contributed by atoms with Crippen LogP contribution in [0.1, 0.15) is 11.4 Å². The molecule has 0 N–H and O–H groups in total. The molecule has 0 atom stereocenters. The van der Waals surface area contributed by atoms with Crippen LogP contribution in [-0.2, 0) is 11.2 Å². The maximum Gasteiger partial charge on any atom is 0.236 e. The monoisotopic (exact) mass is 176 g/mol. The van der Waals surface area contributed by atoms with Crippen LogP contribution in [0.5, 0.6) is 5.88 Å². The van der Waals surface area contributed by atoms with Crippen LogP contribution in [0.25, 0.3) is 6.08 Å². The number of hydrogen-bond donors (Lipinski definition) is 0. The summed E-state index contributed by atoms with van der Waals surface area (Å²) in [6.45, 7) is 3.68. The molecule has 13 heavy (non-hydrogen) atoms. The first-order valence-corrected chi connectivity index (χ1v) is 3.92. The summed E-state index contributed by atoms with van der Waals surface area (Å²) in [5.74, 6) is 0.494. The van der Waals surface area contributed by atoms with E-state index in [1.807, 2.05) is 0 Å². The van der Waals surface area contributed by atoms with Crippen LogP contribution in [0, 0.1) is 0 Å². The second-order valence-corrected chi connectivity index (χ2v) is 2.75. The predicted octanol–water partition coefficient (Wildman–Crippen LogP) is 0.624. The second kappa shape index (κ2) is 2.97. The van der Waals surface area contributed by atoms with E-state index in [0.29, 0.717) is 23.7 Å². The summed E-state index contributed by atoms with van der Waals surface area (Å²) in [6.07, 6.45) is 3.47. The van der Waals surface area contributed by atoms with E-state index in [1.54, 1.807) is 12.3 Å². The highest BCUT2D eigenvalue weighted by Gasteiger charge is 2.19. The van der Waals surface area contributed by atoms with Crippen molar-refractivity contribution in [2.75, 3.05) is 6.61 Å². The fraction of sp³-hybridized carbons (Fsp3) is 0.222. The van der Waals surface area contributed by atoms with Gasteiger partial charge in [0.1, 0.15) is 12.3 Å². The maximum atomic E-state index is 11.0. The van der Waals surface area contributed by atoms with E-state index in [9.17, 15) is 4.79 Å². The van der Waals surface area contributed by atoms with Crippen molar-refractivity contribution in [1.29, 1.82) is 0 Å². The fourth-order valence-electron chi connectivity index (χ4n) is 1.15. The number of aromatic nitrogens is 2. The summed E-state index contributed by atoms with van der Waals surface area (Å²) in [4.78, 5) is 19.2. The first-order valence-electron chi connectivity index (χ1n) is 3.92. The van der Waals surface area contributed by atoms with Gasteiger partial charge in [-0.25, -0.2) is 9.97 Å². The fourth-order valence-corrected chi connectivity index (χ4v) is 1.15. The van der Waals surface area contributed by atoms with Crippen LogP contribution in [0.2, 0.25) is 0 Å². The van der Waals surface area contributed by atoms with Gasteiger partial charge < -0.3 is 4.74 Å². The summed E-state index contributed by atoms with van der Waals surface area (Å²) in [5, 5.41) is 0. The molecule has 0 radical (unpaired) electrons. The first-order chi connectivity index (χ1) is 6.29. The highest BCUT2D eigenvalue weighted by atomic mass is 16.5. The average molecular weight is 176 g/mol. The molecule has 0 bridgehead atoms. The molecule has 0 aromatic carbocycles. The Morgan fingerprint density at radius 3 is 3.23 bits per heavy atom. The number of ketones is 1. The lowest BCUT2D eigenvalue weighted by Gasteiger charge is -2.13. The standard InChI is InChI=1S/C9H8N2O2/c1-2-6-4-10-9-8(11-6)3-7(12)5-13-9/h2,4H,1,3,5H2. The molecule has 0 spiro atoms. The summed E-state index contributed by atoms with van der Waals surface area (Å²) in [5.41, 5.74) is 1.27. The maximum absolute atomic E-state index is 11.0. The Bertz CT molecular complexity index is 374. The SMILES string of the molecule is C=Cc1cnc2c(n1)CC(=O)CO2. The van der Waals surface area contributed by atoms with Crippen molar-refractivity contribution in [3.8, 4) is 5.88 Å². The molecule has 1 aliphatic heterocycles. The number of nitrogens with zero attached hydrogens (tertiary/aromatic N) is 2. The zero-order valence-electron chi connectivity index (χ0n) is 6.99. The Labute approximate surface area is 75.3 Å². The van der Waals surface area contributed by atoms with Crippen molar-refractivity contribution in [1.82, 2.24) is 9.97 Å². The third-order valence-electron chi connectivity index (χ3n) is 1.77. The molecule has 0 fully saturated rings. The number of Topliss-reactive ketones (excluding diaryl/α,β-unsaturated/α-hetero) is 1. The van der Waals surface area contributed by atoms with E-state index >= 15 is 0 Å². The van der Waals surface area contributed by atoms with Crippen LogP contribution in [0.3, 0.4) is 0 Å². The van der Waals surface area contributed by atoms with Gasteiger partial charge in [0.15, 0.2) is 5.78 Å². The van der Waals surface area contributed by atoms with Crippen molar-refractivity contribution >= 4 is 11.9 Å². The zero-order chi connectivity index (χ0) is 9.26. The second-order valence-electron chi connectivity index (χ2n) is 2.75. The molecule has 0 saturated heterocycles. The van der Waals surface area contributed by atoms with Crippen molar-refractivity contribution in [3.63, 3.8) is 0 Å². The lowest BCUT2D eigenvalue weighted by atomic mass is 10.2. The van der Waals surface area contributed by atoms with Crippen LogP contribution >= 0.6 is 0 Å². The Morgan fingerprint density at radius 1 is 1.62 bits per heavy atom. The number of carbonyl (C=O) groups is 1. The lowest BCUT2D eigenvalue weighted by molar-refractivity contribution is -0.121. The average Bonchev–Trinajstić information content (AvgIpc) is 2.16. The van der Waals surface area contributed by atoms with E-state index in [-0.39, 0.29) is 12.4 Å². The molecule has 4 heteroatoms. The van der Waals surface area contributed by atoms with Gasteiger partial charge in [0.2, 0.25) is 5.88 Å². The summed E-state index contributed by atoms with van der Waals surface area (Å²) < 4.78 is 5.08. The van der Waals surface area contributed by atoms with Crippen LogP contribution in [0.4, 0.5) is 0 Å². The number of ether oxygens (including phenoxy) is 1. The molecule has 2 rings (SSSR count). The molecule has 1 aromatic heterocycles. The molecule has 0 unspecified atom stereocenters. The molecular formula is C9H8N2O2. The van der Waals surface area contributed by atoms with Crippen molar-refractivity contribution in [3.05, 3.63) is 24.2 Å². The van der Waals surface area contributed by atoms with E-state index in [0.717, 1.165) is 0 Å². The minimum absolute atomic E-state index is 0.0306. The van der Waals surface area contributed by atoms with Crippen molar-refractivity contribution < 1.29 is 9.53 Å². The van der Waals surface area contributed by atoms with Crippen LogP contribution in [-0.4, -0.2) is 22.4 Å². The van der Waals surface area contributed by atoms with E-state index in [4.69, 9.17) is 4.74 Å². The molecule has 1 aromatic rings. The molecule has 66 valence electrons. The first kappa shape index (κ1) is 7.91. The Hall–Kier alpha value is -1.71. The van der Waals surface area contributed by atoms with Gasteiger partial charge in [-0.3, -0.25) is 4.79 Å². The molecular weight excluding hydrogens is 168 g/mol. The van der Waals surface area contributed by atoms with Gasteiger partial charge in [-0.15, -0.1) is 0 Å². The minimum atomic E-state index is 0.0306. The Kier molecular flexibility index (Phi) is 1.81. The number of rotatable bonds is 1. The highest BCUT2D eigenvalue weighted by molar-refractivity contribution is 5.83. The predicted molar refractivity (Wildman–Crippen MR) is 46.3 cm³/mol. The van der Waals surface area contributed by atoms with Crippen LogP contribution in [0.15, 0.2) is 12.8 Å². The van der Waals surface area contributed by atoms with E-state index < -0.39 is 0 Å². The molecule has 4 nitrogen and oxygen atoms in total. The van der Waals surface area contributed by atoms with Gasteiger partial charge in [0.05, 0.1) is 18.3 Å². The molecule has 2 heterocycles. The highest BCUT2D eigenvalue weighted by Crippen LogP contribution is 2.18. The van der Waals surface area contributed by atoms with Gasteiger partial charge in [-0.2, -0.15) is 0 Å². The van der Waals surface area contributed by atoms with Gasteiger partial charge in [0, 0.05) is 0 Å². The summed E-state index contributed by atoms with van der Waals surface area (Å²) in [6, 6.07) is 0.